The Hall–Kier alpha value is -1.49. The third kappa shape index (κ3) is 2.12. The van der Waals surface area contributed by atoms with Gasteiger partial charge in [0.2, 0.25) is 5.91 Å². The van der Waals surface area contributed by atoms with E-state index in [9.17, 15) is 4.79 Å². The van der Waals surface area contributed by atoms with Crippen molar-refractivity contribution in [2.75, 3.05) is 6.54 Å². The topological polar surface area (TPSA) is 80.9 Å². The lowest BCUT2D eigenvalue weighted by Crippen LogP contribution is -2.27. The van der Waals surface area contributed by atoms with E-state index < -0.39 is 5.91 Å². The molecule has 1 amide bonds. The van der Waals surface area contributed by atoms with Gasteiger partial charge in [-0.25, -0.2) is 9.97 Å². The number of fused-ring (bicyclic) bond motifs is 1. The highest BCUT2D eigenvalue weighted by atomic mass is 16.1. The lowest BCUT2D eigenvalue weighted by atomic mass is 10.0. The molecule has 0 fully saturated rings. The molecule has 0 saturated carbocycles. The summed E-state index contributed by atoms with van der Waals surface area (Å²) in [4.78, 5) is 19.4. The van der Waals surface area contributed by atoms with E-state index in [2.05, 4.69) is 15.3 Å². The van der Waals surface area contributed by atoms with Crippen molar-refractivity contribution in [2.24, 2.45) is 5.73 Å². The number of aryl methyl sites for hydroxylation is 1. The molecular formula is C10H14N4O. The first-order chi connectivity index (χ1) is 7.16. The number of hydrogen-bond acceptors (Lipinski definition) is 4. The quantitative estimate of drug-likeness (QED) is 0.681. The minimum absolute atomic E-state index is 0.119. The second kappa shape index (κ2) is 3.94. The zero-order valence-corrected chi connectivity index (χ0v) is 8.71. The molecule has 5 heteroatoms. The number of carbonyl (C=O) groups is 1. The number of nitrogens with zero attached hydrogens (tertiary/aromatic N) is 2. The molecule has 1 aliphatic heterocycles. The molecule has 0 bridgehead atoms. The molecule has 80 valence electrons. The first-order valence-corrected chi connectivity index (χ1v) is 5.01. The maximum absolute atomic E-state index is 10.8. The van der Waals surface area contributed by atoms with Crippen molar-refractivity contribution in [2.45, 2.75) is 26.3 Å². The second-order valence-corrected chi connectivity index (χ2v) is 3.72. The predicted molar refractivity (Wildman–Crippen MR) is 55.1 cm³/mol. The fraction of sp³-hybridized carbons (Fsp3) is 0.500. The van der Waals surface area contributed by atoms with Crippen molar-refractivity contribution in [3.63, 3.8) is 0 Å². The van der Waals surface area contributed by atoms with Crippen molar-refractivity contribution >= 4 is 5.91 Å². The summed E-state index contributed by atoms with van der Waals surface area (Å²) in [5.41, 5.74) is 8.30. The summed E-state index contributed by atoms with van der Waals surface area (Å²) in [6.07, 6.45) is 1.08. The molecule has 0 unspecified atom stereocenters. The standard InChI is InChI=1S/C10H14N4O/c1-6-7-2-3-12-5-8(7)14-10(13-6)4-9(11)15/h12H,2-5H2,1H3,(H2,11,15). The first kappa shape index (κ1) is 10.0. The van der Waals surface area contributed by atoms with E-state index in [0.717, 1.165) is 30.9 Å². The third-order valence-electron chi connectivity index (χ3n) is 2.52. The Balaban J connectivity index is 2.36. The summed E-state index contributed by atoms with van der Waals surface area (Å²) in [6, 6.07) is 0. The van der Waals surface area contributed by atoms with Crippen LogP contribution < -0.4 is 11.1 Å². The Labute approximate surface area is 88.1 Å². The van der Waals surface area contributed by atoms with E-state index in [1.165, 1.54) is 5.56 Å². The Morgan fingerprint density at radius 2 is 2.33 bits per heavy atom. The summed E-state index contributed by atoms with van der Waals surface area (Å²) < 4.78 is 0. The molecule has 1 aromatic heterocycles. The number of nitrogens with one attached hydrogen (secondary N) is 1. The van der Waals surface area contributed by atoms with Crippen molar-refractivity contribution < 1.29 is 4.79 Å². The minimum atomic E-state index is -0.391. The molecule has 0 saturated heterocycles. The van der Waals surface area contributed by atoms with Crippen LogP contribution in [0.4, 0.5) is 0 Å². The lowest BCUT2D eigenvalue weighted by Gasteiger charge is -2.18. The van der Waals surface area contributed by atoms with E-state index in [0.29, 0.717) is 5.82 Å². The molecule has 0 spiro atoms. The minimum Gasteiger partial charge on any atom is -0.369 e. The SMILES string of the molecule is Cc1nc(CC(N)=O)nc2c1CCNC2. The molecule has 5 nitrogen and oxygen atoms in total. The van der Waals surface area contributed by atoms with Crippen molar-refractivity contribution in [1.29, 1.82) is 0 Å². The number of hydrogen-bond donors (Lipinski definition) is 2. The van der Waals surface area contributed by atoms with Gasteiger partial charge in [-0.15, -0.1) is 0 Å². The number of rotatable bonds is 2. The van der Waals surface area contributed by atoms with Gasteiger partial charge in [-0.3, -0.25) is 4.79 Å². The van der Waals surface area contributed by atoms with Crippen LogP contribution >= 0.6 is 0 Å². The fourth-order valence-electron chi connectivity index (χ4n) is 1.84. The van der Waals surface area contributed by atoms with E-state index in [1.807, 2.05) is 6.92 Å². The number of aromatic nitrogens is 2. The predicted octanol–water partition coefficient (Wildman–Crippen LogP) is -0.541. The summed E-state index contributed by atoms with van der Waals surface area (Å²) in [5.74, 6) is 0.139. The normalized spacial score (nSPS) is 14.7. The number of amides is 1. The number of primary amides is 1. The molecule has 0 aliphatic carbocycles. The average molecular weight is 206 g/mol. The maximum atomic E-state index is 10.8. The molecule has 2 rings (SSSR count). The fourth-order valence-corrected chi connectivity index (χ4v) is 1.84. The molecule has 1 aromatic rings. The van der Waals surface area contributed by atoms with Gasteiger partial charge in [0.05, 0.1) is 12.1 Å². The van der Waals surface area contributed by atoms with E-state index in [1.54, 1.807) is 0 Å². The van der Waals surface area contributed by atoms with E-state index >= 15 is 0 Å². The van der Waals surface area contributed by atoms with E-state index in [-0.39, 0.29) is 6.42 Å². The highest BCUT2D eigenvalue weighted by molar-refractivity contribution is 5.75. The van der Waals surface area contributed by atoms with Crippen LogP contribution in [-0.2, 0) is 24.2 Å². The highest BCUT2D eigenvalue weighted by Gasteiger charge is 2.15. The van der Waals surface area contributed by atoms with Crippen LogP contribution in [-0.4, -0.2) is 22.4 Å². The molecule has 0 atom stereocenters. The van der Waals surface area contributed by atoms with Gasteiger partial charge >= 0.3 is 0 Å². The highest BCUT2D eigenvalue weighted by Crippen LogP contribution is 2.14. The summed E-state index contributed by atoms with van der Waals surface area (Å²) in [5, 5.41) is 3.24. The van der Waals surface area contributed by atoms with Crippen LogP contribution in [0.1, 0.15) is 22.8 Å². The Bertz CT molecular complexity index is 403. The molecule has 2 heterocycles. The Morgan fingerprint density at radius 3 is 3.07 bits per heavy atom. The lowest BCUT2D eigenvalue weighted by molar-refractivity contribution is -0.117. The number of carbonyl (C=O) groups excluding carboxylic acids is 1. The molecule has 3 N–H and O–H groups in total. The van der Waals surface area contributed by atoms with Gasteiger partial charge in [0.15, 0.2) is 0 Å². The van der Waals surface area contributed by atoms with Gasteiger partial charge in [-0.1, -0.05) is 0 Å². The van der Waals surface area contributed by atoms with Gasteiger partial charge in [-0.05, 0) is 25.5 Å². The molecule has 15 heavy (non-hydrogen) atoms. The monoisotopic (exact) mass is 206 g/mol. The van der Waals surface area contributed by atoms with Crippen LogP contribution in [0.5, 0.6) is 0 Å². The van der Waals surface area contributed by atoms with Crippen LogP contribution in [0.2, 0.25) is 0 Å². The van der Waals surface area contributed by atoms with Crippen molar-refractivity contribution in [3.05, 3.63) is 22.8 Å². The van der Waals surface area contributed by atoms with Gasteiger partial charge in [0.25, 0.3) is 0 Å². The van der Waals surface area contributed by atoms with Gasteiger partial charge in [0.1, 0.15) is 5.82 Å². The Morgan fingerprint density at radius 1 is 1.53 bits per heavy atom. The summed E-state index contributed by atoms with van der Waals surface area (Å²) >= 11 is 0. The second-order valence-electron chi connectivity index (χ2n) is 3.72. The van der Waals surface area contributed by atoms with Crippen LogP contribution in [0.3, 0.4) is 0 Å². The smallest absolute Gasteiger partial charge is 0.225 e. The molecule has 0 radical (unpaired) electrons. The molecule has 0 aromatic carbocycles. The average Bonchev–Trinajstić information content (AvgIpc) is 2.16. The zero-order valence-electron chi connectivity index (χ0n) is 8.71. The molecular weight excluding hydrogens is 192 g/mol. The third-order valence-corrected chi connectivity index (χ3v) is 2.52. The maximum Gasteiger partial charge on any atom is 0.225 e. The van der Waals surface area contributed by atoms with Gasteiger partial charge in [0, 0.05) is 12.2 Å². The molecule has 1 aliphatic rings. The van der Waals surface area contributed by atoms with Crippen LogP contribution in [0, 0.1) is 6.92 Å². The number of nitrogens with two attached hydrogens (primary N) is 1. The summed E-state index contributed by atoms with van der Waals surface area (Å²) in [7, 11) is 0. The first-order valence-electron chi connectivity index (χ1n) is 5.01. The largest absolute Gasteiger partial charge is 0.369 e. The summed E-state index contributed by atoms with van der Waals surface area (Å²) in [6.45, 7) is 3.67. The van der Waals surface area contributed by atoms with Crippen molar-refractivity contribution in [1.82, 2.24) is 15.3 Å². The Kier molecular flexibility index (Phi) is 2.64. The van der Waals surface area contributed by atoms with Crippen LogP contribution in [0.25, 0.3) is 0 Å². The zero-order chi connectivity index (χ0) is 10.8. The van der Waals surface area contributed by atoms with Gasteiger partial charge in [-0.2, -0.15) is 0 Å². The van der Waals surface area contributed by atoms with Crippen LogP contribution in [0.15, 0.2) is 0 Å². The van der Waals surface area contributed by atoms with E-state index in [4.69, 9.17) is 5.73 Å². The van der Waals surface area contributed by atoms with Crippen molar-refractivity contribution in [3.8, 4) is 0 Å². The van der Waals surface area contributed by atoms with Gasteiger partial charge < -0.3 is 11.1 Å².